The third kappa shape index (κ3) is 1.62. The summed E-state index contributed by atoms with van der Waals surface area (Å²) < 4.78 is 5.08. The van der Waals surface area contributed by atoms with Gasteiger partial charge in [-0.3, -0.25) is 0 Å². The predicted molar refractivity (Wildman–Crippen MR) is 53.0 cm³/mol. The molecule has 1 aliphatic heterocycles. The average Bonchev–Trinajstić information content (AvgIpc) is 2.18. The maximum Gasteiger partial charge on any atom is 0.335 e. The van der Waals surface area contributed by atoms with Crippen LogP contribution in [0.2, 0.25) is 0 Å². The SMILES string of the molecule is O=C(O)c1ccc(C2(CO)COC2)cc1. The molecule has 15 heavy (non-hydrogen) atoms. The van der Waals surface area contributed by atoms with Crippen LogP contribution in [0, 0.1) is 0 Å². The molecule has 1 aromatic rings. The van der Waals surface area contributed by atoms with Gasteiger partial charge in [0.15, 0.2) is 0 Å². The molecule has 1 heterocycles. The summed E-state index contributed by atoms with van der Waals surface area (Å²) in [4.78, 5) is 10.6. The van der Waals surface area contributed by atoms with Gasteiger partial charge in [0.2, 0.25) is 0 Å². The van der Waals surface area contributed by atoms with Crippen molar-refractivity contribution in [2.24, 2.45) is 0 Å². The smallest absolute Gasteiger partial charge is 0.335 e. The Morgan fingerprint density at radius 1 is 1.33 bits per heavy atom. The van der Waals surface area contributed by atoms with E-state index < -0.39 is 5.97 Å². The summed E-state index contributed by atoms with van der Waals surface area (Å²) in [5.74, 6) is -0.940. The van der Waals surface area contributed by atoms with E-state index in [0.717, 1.165) is 5.56 Å². The van der Waals surface area contributed by atoms with Crippen molar-refractivity contribution in [3.05, 3.63) is 35.4 Å². The standard InChI is InChI=1S/C11H12O4/c12-5-11(6-15-7-11)9-3-1-8(2-4-9)10(13)14/h1-4,12H,5-7H2,(H,13,14). The Hall–Kier alpha value is -1.39. The van der Waals surface area contributed by atoms with Crippen LogP contribution in [0.4, 0.5) is 0 Å². The fraction of sp³-hybridized carbons (Fsp3) is 0.364. The molecule has 1 aliphatic rings. The summed E-state index contributed by atoms with van der Waals surface area (Å²) in [6.45, 7) is 1.02. The van der Waals surface area contributed by atoms with Gasteiger partial charge in [-0.1, -0.05) is 12.1 Å². The van der Waals surface area contributed by atoms with Crippen molar-refractivity contribution in [1.82, 2.24) is 0 Å². The summed E-state index contributed by atoms with van der Waals surface area (Å²) in [5.41, 5.74) is 0.866. The van der Waals surface area contributed by atoms with Gasteiger partial charge in [0.25, 0.3) is 0 Å². The fourth-order valence-corrected chi connectivity index (χ4v) is 1.66. The van der Waals surface area contributed by atoms with E-state index in [0.29, 0.717) is 13.2 Å². The van der Waals surface area contributed by atoms with Crippen molar-refractivity contribution in [3.63, 3.8) is 0 Å². The lowest BCUT2D eigenvalue weighted by molar-refractivity contribution is -0.0841. The van der Waals surface area contributed by atoms with Gasteiger partial charge in [0.05, 0.1) is 30.8 Å². The van der Waals surface area contributed by atoms with Crippen LogP contribution in [0.1, 0.15) is 15.9 Å². The molecule has 2 N–H and O–H groups in total. The number of benzene rings is 1. The Morgan fingerprint density at radius 3 is 2.27 bits per heavy atom. The molecule has 0 atom stereocenters. The fourth-order valence-electron chi connectivity index (χ4n) is 1.66. The van der Waals surface area contributed by atoms with Gasteiger partial charge in [-0.15, -0.1) is 0 Å². The molecule has 0 bridgehead atoms. The second-order valence-corrected chi connectivity index (χ2v) is 3.81. The zero-order valence-electron chi connectivity index (χ0n) is 8.14. The van der Waals surface area contributed by atoms with Gasteiger partial charge in [-0.25, -0.2) is 4.79 Å². The lowest BCUT2D eigenvalue weighted by atomic mass is 9.79. The number of carboxylic acids is 1. The van der Waals surface area contributed by atoms with Gasteiger partial charge >= 0.3 is 5.97 Å². The largest absolute Gasteiger partial charge is 0.478 e. The lowest BCUT2D eigenvalue weighted by Crippen LogP contribution is -2.49. The number of carboxylic acid groups (broad SMARTS) is 1. The highest BCUT2D eigenvalue weighted by atomic mass is 16.5. The second kappa shape index (κ2) is 3.64. The topological polar surface area (TPSA) is 66.8 Å². The van der Waals surface area contributed by atoms with Gasteiger partial charge < -0.3 is 14.9 Å². The molecule has 1 aromatic carbocycles. The van der Waals surface area contributed by atoms with Gasteiger partial charge in [0.1, 0.15) is 0 Å². The number of aliphatic hydroxyl groups is 1. The van der Waals surface area contributed by atoms with E-state index >= 15 is 0 Å². The Labute approximate surface area is 87.1 Å². The maximum atomic E-state index is 10.6. The van der Waals surface area contributed by atoms with Crippen LogP contribution in [-0.2, 0) is 10.2 Å². The molecule has 0 aliphatic carbocycles. The monoisotopic (exact) mass is 208 g/mol. The van der Waals surface area contributed by atoms with Crippen molar-refractivity contribution in [1.29, 1.82) is 0 Å². The van der Waals surface area contributed by atoms with Crippen molar-refractivity contribution in [3.8, 4) is 0 Å². The molecule has 0 unspecified atom stereocenters. The highest BCUT2D eigenvalue weighted by Gasteiger charge is 2.39. The minimum atomic E-state index is -0.940. The molecule has 1 saturated heterocycles. The molecule has 0 spiro atoms. The molecule has 0 aromatic heterocycles. The normalized spacial score (nSPS) is 18.2. The molecule has 0 radical (unpaired) electrons. The molecular weight excluding hydrogens is 196 g/mol. The molecule has 80 valence electrons. The Bertz CT molecular complexity index is 359. The predicted octanol–water partition coefficient (Wildman–Crippen LogP) is 0.645. The lowest BCUT2D eigenvalue weighted by Gasteiger charge is -2.40. The third-order valence-corrected chi connectivity index (χ3v) is 2.80. The van der Waals surface area contributed by atoms with E-state index in [2.05, 4.69) is 0 Å². The summed E-state index contributed by atoms with van der Waals surface area (Å²) >= 11 is 0. The van der Waals surface area contributed by atoms with Crippen molar-refractivity contribution < 1.29 is 19.7 Å². The molecule has 0 amide bonds. The summed E-state index contributed by atoms with van der Waals surface area (Å²) in [5, 5.41) is 18.0. The van der Waals surface area contributed by atoms with Gasteiger partial charge in [-0.05, 0) is 17.7 Å². The quantitative estimate of drug-likeness (QED) is 0.765. The molecule has 4 nitrogen and oxygen atoms in total. The summed E-state index contributed by atoms with van der Waals surface area (Å²) in [6, 6.07) is 6.57. The molecule has 2 rings (SSSR count). The number of aliphatic hydroxyl groups excluding tert-OH is 1. The average molecular weight is 208 g/mol. The first kappa shape index (κ1) is 10.1. The summed E-state index contributed by atoms with van der Waals surface area (Å²) in [7, 11) is 0. The van der Waals surface area contributed by atoms with Crippen LogP contribution in [0.15, 0.2) is 24.3 Å². The van der Waals surface area contributed by atoms with E-state index in [1.165, 1.54) is 0 Å². The molecule has 1 fully saturated rings. The number of aromatic carboxylic acids is 1. The number of hydrogen-bond acceptors (Lipinski definition) is 3. The van der Waals surface area contributed by atoms with E-state index in [-0.39, 0.29) is 17.6 Å². The van der Waals surface area contributed by atoms with Crippen molar-refractivity contribution in [2.45, 2.75) is 5.41 Å². The van der Waals surface area contributed by atoms with E-state index in [4.69, 9.17) is 9.84 Å². The first-order valence-electron chi connectivity index (χ1n) is 4.70. The highest BCUT2D eigenvalue weighted by Crippen LogP contribution is 2.31. The van der Waals surface area contributed by atoms with E-state index in [1.54, 1.807) is 24.3 Å². The summed E-state index contributed by atoms with van der Waals surface area (Å²) in [6.07, 6.45) is 0. The zero-order chi connectivity index (χ0) is 10.9. The second-order valence-electron chi connectivity index (χ2n) is 3.81. The first-order chi connectivity index (χ1) is 7.18. The van der Waals surface area contributed by atoms with E-state index in [1.807, 2.05) is 0 Å². The van der Waals surface area contributed by atoms with Crippen LogP contribution in [0.3, 0.4) is 0 Å². The minimum Gasteiger partial charge on any atom is -0.478 e. The molecule has 4 heteroatoms. The van der Waals surface area contributed by atoms with Gasteiger partial charge in [0, 0.05) is 0 Å². The van der Waals surface area contributed by atoms with Crippen molar-refractivity contribution >= 4 is 5.97 Å². The van der Waals surface area contributed by atoms with Crippen LogP contribution in [-0.4, -0.2) is 36.0 Å². The first-order valence-corrected chi connectivity index (χ1v) is 4.70. The number of carbonyl (C=O) groups is 1. The van der Waals surface area contributed by atoms with Crippen LogP contribution >= 0.6 is 0 Å². The van der Waals surface area contributed by atoms with Crippen LogP contribution < -0.4 is 0 Å². The molecular formula is C11H12O4. The minimum absolute atomic E-state index is 0.0272. The Morgan fingerprint density at radius 2 is 1.93 bits per heavy atom. The Kier molecular flexibility index (Phi) is 2.46. The number of rotatable bonds is 3. The third-order valence-electron chi connectivity index (χ3n) is 2.80. The number of hydrogen-bond donors (Lipinski definition) is 2. The van der Waals surface area contributed by atoms with E-state index in [9.17, 15) is 9.90 Å². The van der Waals surface area contributed by atoms with Crippen LogP contribution in [0.25, 0.3) is 0 Å². The molecule has 0 saturated carbocycles. The highest BCUT2D eigenvalue weighted by molar-refractivity contribution is 5.87. The number of ether oxygens (including phenoxy) is 1. The Balaban J connectivity index is 2.26. The van der Waals surface area contributed by atoms with Gasteiger partial charge in [-0.2, -0.15) is 0 Å². The van der Waals surface area contributed by atoms with Crippen molar-refractivity contribution in [2.75, 3.05) is 19.8 Å². The maximum absolute atomic E-state index is 10.6. The zero-order valence-corrected chi connectivity index (χ0v) is 8.14. The van der Waals surface area contributed by atoms with Crippen LogP contribution in [0.5, 0.6) is 0 Å².